The number of alkyl halides is 3. The number of halogens is 5. The van der Waals surface area contributed by atoms with Gasteiger partial charge in [-0.1, -0.05) is 12.5 Å². The number of aromatic amines is 1. The number of benzene rings is 1. The molecule has 10 heteroatoms. The Labute approximate surface area is 187 Å². The number of carbonyl (C=O) groups is 1. The largest absolute Gasteiger partial charge is 0.419 e. The third kappa shape index (κ3) is 4.02. The van der Waals surface area contributed by atoms with Crippen LogP contribution in [0.3, 0.4) is 0 Å². The maximum Gasteiger partial charge on any atom is 0.419 e. The molecule has 5 rings (SSSR count). The Morgan fingerprint density at radius 2 is 1.79 bits per heavy atom. The zero-order chi connectivity index (χ0) is 23.3. The van der Waals surface area contributed by atoms with Crippen LogP contribution in [0.25, 0.3) is 0 Å². The van der Waals surface area contributed by atoms with E-state index in [1.807, 2.05) is 0 Å². The maximum atomic E-state index is 14.0. The minimum Gasteiger partial charge on any atom is -0.337 e. The van der Waals surface area contributed by atoms with Crippen molar-refractivity contribution in [3.63, 3.8) is 0 Å². The van der Waals surface area contributed by atoms with Gasteiger partial charge < -0.3 is 4.90 Å². The smallest absolute Gasteiger partial charge is 0.337 e. The number of fused-ring (bicyclic) bond motifs is 1. The second-order valence-electron chi connectivity index (χ2n) is 9.22. The Bertz CT molecular complexity index is 1050. The van der Waals surface area contributed by atoms with Crippen molar-refractivity contribution in [3.05, 3.63) is 51.8 Å². The molecule has 3 aliphatic rings. The molecule has 5 nitrogen and oxygen atoms in total. The summed E-state index contributed by atoms with van der Waals surface area (Å²) >= 11 is 0. The van der Waals surface area contributed by atoms with Crippen molar-refractivity contribution in [1.82, 2.24) is 20.0 Å². The lowest BCUT2D eigenvalue weighted by Gasteiger charge is -2.39. The molecule has 1 amide bonds. The van der Waals surface area contributed by atoms with Crippen LogP contribution in [-0.2, 0) is 19.1 Å². The SMILES string of the molecule is O=C(c1n[nH]c2c1CCN(C1CCC1)C2)N1CCC(c2ccc(F)c(F)c2C(F)(F)F)CC1. The number of amides is 1. The van der Waals surface area contributed by atoms with Gasteiger partial charge in [0.25, 0.3) is 5.91 Å². The summed E-state index contributed by atoms with van der Waals surface area (Å²) in [6.45, 7) is 2.10. The molecular weight excluding hydrogens is 443 g/mol. The van der Waals surface area contributed by atoms with Crippen molar-refractivity contribution in [2.24, 2.45) is 0 Å². The molecule has 178 valence electrons. The molecule has 1 saturated heterocycles. The molecule has 1 saturated carbocycles. The van der Waals surface area contributed by atoms with Gasteiger partial charge in [0.05, 0.1) is 11.3 Å². The van der Waals surface area contributed by atoms with Crippen LogP contribution in [0.4, 0.5) is 22.0 Å². The van der Waals surface area contributed by atoms with Gasteiger partial charge in [-0.25, -0.2) is 8.78 Å². The number of rotatable bonds is 3. The lowest BCUT2D eigenvalue weighted by atomic mass is 9.85. The van der Waals surface area contributed by atoms with Gasteiger partial charge in [0, 0.05) is 37.8 Å². The van der Waals surface area contributed by atoms with Crippen molar-refractivity contribution >= 4 is 5.91 Å². The first-order valence-corrected chi connectivity index (χ1v) is 11.4. The predicted octanol–water partition coefficient (Wildman–Crippen LogP) is 4.64. The Kier molecular flexibility index (Phi) is 5.66. The molecule has 2 aliphatic heterocycles. The number of aromatic nitrogens is 2. The summed E-state index contributed by atoms with van der Waals surface area (Å²) in [5, 5.41) is 7.28. The fourth-order valence-electron chi connectivity index (χ4n) is 5.32. The summed E-state index contributed by atoms with van der Waals surface area (Å²) in [7, 11) is 0. The molecule has 3 heterocycles. The van der Waals surface area contributed by atoms with Gasteiger partial charge in [-0.2, -0.15) is 18.3 Å². The molecule has 0 radical (unpaired) electrons. The zero-order valence-electron chi connectivity index (χ0n) is 18.0. The number of carbonyl (C=O) groups excluding carboxylic acids is 1. The summed E-state index contributed by atoms with van der Waals surface area (Å²) < 4.78 is 67.7. The number of piperidine rings is 1. The van der Waals surface area contributed by atoms with Crippen LogP contribution < -0.4 is 0 Å². The lowest BCUT2D eigenvalue weighted by Crippen LogP contribution is -2.43. The van der Waals surface area contributed by atoms with Gasteiger partial charge in [0.15, 0.2) is 17.3 Å². The number of nitrogens with zero attached hydrogens (tertiary/aromatic N) is 3. The number of hydrogen-bond acceptors (Lipinski definition) is 3. The second-order valence-corrected chi connectivity index (χ2v) is 9.22. The van der Waals surface area contributed by atoms with Crippen LogP contribution in [-0.4, -0.2) is 51.6 Å². The average Bonchev–Trinajstić information content (AvgIpc) is 3.16. The molecule has 0 unspecified atom stereocenters. The Morgan fingerprint density at radius 3 is 2.42 bits per heavy atom. The summed E-state index contributed by atoms with van der Waals surface area (Å²) in [6, 6.07) is 2.36. The Morgan fingerprint density at radius 1 is 1.06 bits per heavy atom. The van der Waals surface area contributed by atoms with E-state index in [1.165, 1.54) is 19.3 Å². The van der Waals surface area contributed by atoms with E-state index < -0.39 is 29.3 Å². The molecule has 33 heavy (non-hydrogen) atoms. The monoisotopic (exact) mass is 468 g/mol. The van der Waals surface area contributed by atoms with E-state index in [0.29, 0.717) is 11.7 Å². The fraction of sp³-hybridized carbons (Fsp3) is 0.565. The third-order valence-corrected chi connectivity index (χ3v) is 7.39. The second kappa shape index (κ2) is 8.38. The van der Waals surface area contributed by atoms with E-state index in [4.69, 9.17) is 0 Å². The quantitative estimate of drug-likeness (QED) is 0.668. The highest BCUT2D eigenvalue weighted by Gasteiger charge is 2.41. The number of hydrogen-bond donors (Lipinski definition) is 1. The van der Waals surface area contributed by atoms with Crippen LogP contribution >= 0.6 is 0 Å². The highest BCUT2D eigenvalue weighted by molar-refractivity contribution is 5.94. The van der Waals surface area contributed by atoms with Crippen molar-refractivity contribution in [1.29, 1.82) is 0 Å². The molecule has 1 aliphatic carbocycles. The molecule has 1 aromatic carbocycles. The Hall–Kier alpha value is -2.49. The highest BCUT2D eigenvalue weighted by Crippen LogP contribution is 2.41. The van der Waals surface area contributed by atoms with E-state index in [0.717, 1.165) is 42.9 Å². The van der Waals surface area contributed by atoms with Crippen molar-refractivity contribution in [2.45, 2.75) is 63.2 Å². The third-order valence-electron chi connectivity index (χ3n) is 7.39. The van der Waals surface area contributed by atoms with E-state index in [-0.39, 0.29) is 37.4 Å². The lowest BCUT2D eigenvalue weighted by molar-refractivity contribution is -0.141. The van der Waals surface area contributed by atoms with Gasteiger partial charge in [0.1, 0.15) is 0 Å². The van der Waals surface area contributed by atoms with Crippen LogP contribution in [0.1, 0.15) is 70.9 Å². The van der Waals surface area contributed by atoms with Crippen molar-refractivity contribution in [2.75, 3.05) is 19.6 Å². The predicted molar refractivity (Wildman–Crippen MR) is 110 cm³/mol. The van der Waals surface area contributed by atoms with Gasteiger partial charge >= 0.3 is 6.18 Å². The van der Waals surface area contributed by atoms with Gasteiger partial charge in [0.2, 0.25) is 0 Å². The summed E-state index contributed by atoms with van der Waals surface area (Å²) in [5.74, 6) is -4.22. The van der Waals surface area contributed by atoms with E-state index in [2.05, 4.69) is 15.1 Å². The van der Waals surface area contributed by atoms with Gasteiger partial charge in [-0.15, -0.1) is 0 Å². The molecule has 2 aromatic rings. The molecule has 1 N–H and O–H groups in total. The average molecular weight is 468 g/mol. The molecular formula is C23H25F5N4O. The molecule has 0 spiro atoms. The Balaban J connectivity index is 1.28. The van der Waals surface area contributed by atoms with E-state index >= 15 is 0 Å². The van der Waals surface area contributed by atoms with Crippen LogP contribution in [0.15, 0.2) is 12.1 Å². The van der Waals surface area contributed by atoms with Crippen molar-refractivity contribution in [3.8, 4) is 0 Å². The molecule has 1 aromatic heterocycles. The number of likely N-dealkylation sites (tertiary alicyclic amines) is 1. The van der Waals surface area contributed by atoms with Crippen LogP contribution in [0.2, 0.25) is 0 Å². The maximum absolute atomic E-state index is 14.0. The molecule has 2 fully saturated rings. The number of H-pyrrole nitrogens is 1. The van der Waals surface area contributed by atoms with Gasteiger partial charge in [-0.3, -0.25) is 14.8 Å². The first kappa shape index (κ1) is 22.3. The van der Waals surface area contributed by atoms with Crippen LogP contribution in [0, 0.1) is 11.6 Å². The minimum absolute atomic E-state index is 0.232. The normalized spacial score (nSPS) is 20.6. The summed E-state index contributed by atoms with van der Waals surface area (Å²) in [6.07, 6.45) is -0.105. The molecule has 0 bridgehead atoms. The topological polar surface area (TPSA) is 52.2 Å². The summed E-state index contributed by atoms with van der Waals surface area (Å²) in [5.41, 5.74) is 0.493. The van der Waals surface area contributed by atoms with Crippen LogP contribution in [0.5, 0.6) is 0 Å². The van der Waals surface area contributed by atoms with E-state index in [9.17, 15) is 26.7 Å². The standard InChI is InChI=1S/C23H25F5N4O/c24-17-5-4-15(19(20(17)25)23(26,27)28)13-6-9-31(10-7-13)22(33)21-16-8-11-32(14-2-1-3-14)12-18(16)29-30-21/h4-5,13-14H,1-3,6-12H2,(H,29,30). The van der Waals surface area contributed by atoms with E-state index in [1.54, 1.807) is 4.90 Å². The molecule has 0 atom stereocenters. The fourth-order valence-corrected chi connectivity index (χ4v) is 5.32. The first-order chi connectivity index (χ1) is 15.7. The number of nitrogens with one attached hydrogen (secondary N) is 1. The zero-order valence-corrected chi connectivity index (χ0v) is 18.0. The van der Waals surface area contributed by atoms with Gasteiger partial charge in [-0.05, 0) is 49.7 Å². The van der Waals surface area contributed by atoms with Crippen molar-refractivity contribution < 1.29 is 26.7 Å². The highest BCUT2D eigenvalue weighted by atomic mass is 19.4. The summed E-state index contributed by atoms with van der Waals surface area (Å²) in [4.78, 5) is 17.1. The minimum atomic E-state index is -4.99. The first-order valence-electron chi connectivity index (χ1n) is 11.4.